The van der Waals surface area contributed by atoms with E-state index in [9.17, 15) is 169 Å². The van der Waals surface area contributed by atoms with Gasteiger partial charge in [0.2, 0.25) is 57.5 Å². The Hall–Kier alpha value is -19.3. The van der Waals surface area contributed by atoms with Crippen LogP contribution in [-0.2, 0) is 56.8 Å². The van der Waals surface area contributed by atoms with Crippen molar-refractivity contribution in [3.8, 4) is 239 Å². The van der Waals surface area contributed by atoms with E-state index in [-0.39, 0.29) is 30.3 Å². The zero-order valence-electron chi connectivity index (χ0n) is 69.3. The first-order valence-electron chi connectivity index (χ1n) is 40.2. The van der Waals surface area contributed by atoms with Crippen molar-refractivity contribution in [3.63, 3.8) is 0 Å². The number of phenolic OH excluding ortho intramolecular Hbond substituents is 30. The summed E-state index contributed by atoms with van der Waals surface area (Å²) >= 11 is 0. The summed E-state index contributed by atoms with van der Waals surface area (Å²) in [4.78, 5) is 161. The average Bonchev–Trinajstić information content (AvgIpc) is 0.967. The van der Waals surface area contributed by atoms with E-state index in [1.54, 1.807) is 0 Å². The molecule has 11 heterocycles. The number of cyclic esters (lactones) is 2. The molecule has 736 valence electrons. The van der Waals surface area contributed by atoms with Crippen LogP contribution in [0.15, 0.2) is 30.3 Å². The minimum Gasteiger partial charge on any atom is -0.504 e. The monoisotopic (exact) mass is 1980 g/mol. The van der Waals surface area contributed by atoms with Gasteiger partial charge in [-0.15, -0.1) is 0 Å². The molecule has 1 saturated heterocycles. The van der Waals surface area contributed by atoms with Gasteiger partial charge in [0, 0.05) is 83.5 Å². The number of aliphatic hydroxyl groups is 3. The van der Waals surface area contributed by atoms with Gasteiger partial charge >= 0.3 is 59.7 Å². The highest BCUT2D eigenvalue weighted by Gasteiger charge is 2.62. The summed E-state index contributed by atoms with van der Waals surface area (Å²) in [5, 5.41) is 394. The number of fused-ring (bicyclic) bond motifs is 14. The number of benzene rings is 10. The molecule has 14 unspecified atom stereocenters. The molecule has 1 fully saturated rings. The van der Waals surface area contributed by atoms with Crippen molar-refractivity contribution in [2.45, 2.75) is 85.5 Å². The van der Waals surface area contributed by atoms with E-state index in [4.69, 9.17) is 56.8 Å². The molecule has 55 heteroatoms. The summed E-state index contributed by atoms with van der Waals surface area (Å²) in [6, 6.07) is 0.363. The normalized spacial score (nSPS) is 23.0. The molecule has 10 aromatic carbocycles. The summed E-state index contributed by atoms with van der Waals surface area (Å²) in [7, 11) is 0. The molecule has 0 aromatic heterocycles. The van der Waals surface area contributed by atoms with E-state index in [2.05, 4.69) is 0 Å². The van der Waals surface area contributed by atoms with E-state index in [0.29, 0.717) is 0 Å². The lowest BCUT2D eigenvalue weighted by Crippen LogP contribution is -2.58. The van der Waals surface area contributed by atoms with E-state index in [1.165, 1.54) is 0 Å². The Labute approximate surface area is 777 Å². The molecule has 12 bridgehead atoms. The van der Waals surface area contributed by atoms with Crippen LogP contribution >= 0.6 is 0 Å². The van der Waals surface area contributed by atoms with Gasteiger partial charge in [-0.05, 0) is 30.3 Å². The molecule has 0 spiro atoms. The van der Waals surface area contributed by atoms with Gasteiger partial charge in [0.15, 0.2) is 170 Å². The lowest BCUT2D eigenvalue weighted by molar-refractivity contribution is -0.297. The minimum atomic E-state index is -3.70. The molecule has 55 nitrogen and oxygen atoms in total. The van der Waals surface area contributed by atoms with Gasteiger partial charge in [-0.1, -0.05) is 0 Å². The number of phenols is 30. The van der Waals surface area contributed by atoms with Gasteiger partial charge in [-0.25, -0.2) is 47.9 Å². The third kappa shape index (κ3) is 12.5. The van der Waals surface area contributed by atoms with E-state index in [0.717, 1.165) is 0 Å². The highest BCUT2D eigenvalue weighted by Crippen LogP contribution is 2.69. The number of carbonyl (C=O) groups is 10. The molecule has 10 aromatic rings. The van der Waals surface area contributed by atoms with Crippen LogP contribution in [0.3, 0.4) is 0 Å². The van der Waals surface area contributed by atoms with Crippen LogP contribution in [0.5, 0.6) is 172 Å². The molecule has 142 heavy (non-hydrogen) atoms. The molecule has 11 aliphatic heterocycles. The fraction of sp³-hybridized carbons (Fsp3) is 0.195. The lowest BCUT2D eigenvalue weighted by Gasteiger charge is -2.44. The van der Waals surface area contributed by atoms with E-state index >= 15 is 47.9 Å². The molecule has 21 rings (SSSR count). The molecule has 14 atom stereocenters. The first-order valence-corrected chi connectivity index (χ1v) is 40.2. The summed E-state index contributed by atoms with van der Waals surface area (Å²) in [5.41, 5.74) is -43.5. The van der Waals surface area contributed by atoms with Crippen LogP contribution in [0.25, 0.3) is 66.8 Å². The maximum atomic E-state index is 17.1. The Morgan fingerprint density at radius 3 is 0.824 bits per heavy atom. The zero-order chi connectivity index (χ0) is 103. The summed E-state index contributed by atoms with van der Waals surface area (Å²) in [5.74, 6) is -85.7. The molecular weight excluding hydrogens is 1920 g/mol. The standard InChI is InChI=1S/C87H58O55/c88-14-1-9-22(49(100)43(14)94)23-10(2-15(89)44(95)50(23)101)80(124)136-70-20(7-131-77(9)121)134-78(122)11-3-16(90)45(96)51(102)24(11)28-38-30(57(108)64(115)55(28)106)31-40-35(62(113)67(118)58(31)109)36(72(138-83(40)127)74(70)139-84(38)128)34-37-27(54(105)66(117)61(34)112)26-13(5-18(92)47(98)53(26)104)81(125)137-71-21(8-132-82(37)126)135-79(123)12-4-17(91)46(97)52(103)25(12)29-39-32(59(110)65(116)56(29)107)33-41-42(63(114)68(119)60(33)111)73(76(141-86(41)130)75(71)140-85(39)129)142-87-69(120)48(99)19(93)6-133-87/h1-5,19-21,36,48,69-76,87-120H,6-8H2. The number of rotatable bonds is 3. The van der Waals surface area contributed by atoms with Crippen molar-refractivity contribution in [1.82, 2.24) is 0 Å². The molecular formula is C87H58O55. The number of hydrogen-bond donors (Lipinski definition) is 33. The maximum absolute atomic E-state index is 17.1. The highest BCUT2D eigenvalue weighted by molar-refractivity contribution is 6.20. The van der Waals surface area contributed by atoms with Crippen molar-refractivity contribution in [3.05, 3.63) is 103 Å². The second-order valence-corrected chi connectivity index (χ2v) is 32.6. The van der Waals surface area contributed by atoms with Gasteiger partial charge in [0.1, 0.15) is 37.6 Å². The van der Waals surface area contributed by atoms with Crippen LogP contribution < -0.4 is 0 Å². The number of esters is 10. The summed E-state index contributed by atoms with van der Waals surface area (Å²) < 4.78 is 71.2. The van der Waals surface area contributed by atoms with Crippen molar-refractivity contribution in [2.24, 2.45) is 0 Å². The Morgan fingerprint density at radius 2 is 0.458 bits per heavy atom. The van der Waals surface area contributed by atoms with Crippen LogP contribution in [-0.4, -0.2) is 321 Å². The van der Waals surface area contributed by atoms with Crippen molar-refractivity contribution >= 4 is 59.7 Å². The summed E-state index contributed by atoms with van der Waals surface area (Å²) in [6.07, 6.45) is -40.3. The molecule has 11 aliphatic rings. The van der Waals surface area contributed by atoms with E-state index < -0.39 is 477 Å². The second kappa shape index (κ2) is 31.4. The van der Waals surface area contributed by atoms with Crippen molar-refractivity contribution in [1.29, 1.82) is 0 Å². The first kappa shape index (κ1) is 91.8. The lowest BCUT2D eigenvalue weighted by atomic mass is 9.72. The largest absolute Gasteiger partial charge is 0.504 e. The Bertz CT molecular complexity index is 7590. The minimum absolute atomic E-state index is 0.0646. The highest BCUT2D eigenvalue weighted by atomic mass is 16.7. The fourth-order valence-corrected chi connectivity index (χ4v) is 18.7. The number of carbonyl (C=O) groups excluding carboxylic acids is 10. The summed E-state index contributed by atoms with van der Waals surface area (Å²) in [6.45, 7) is -5.42. The van der Waals surface area contributed by atoms with Crippen molar-refractivity contribution in [2.75, 3.05) is 19.8 Å². The van der Waals surface area contributed by atoms with Gasteiger partial charge in [0.25, 0.3) is 0 Å². The van der Waals surface area contributed by atoms with Crippen LogP contribution in [0.4, 0.5) is 0 Å². The zero-order valence-corrected chi connectivity index (χ0v) is 69.3. The van der Waals surface area contributed by atoms with E-state index in [1.807, 2.05) is 0 Å². The van der Waals surface area contributed by atoms with Crippen LogP contribution in [0, 0.1) is 0 Å². The topological polar surface area (TPSA) is 949 Å². The average molecular weight is 1980 g/mol. The fourth-order valence-electron chi connectivity index (χ4n) is 18.7. The number of aliphatic hydroxyl groups excluding tert-OH is 3. The van der Waals surface area contributed by atoms with Gasteiger partial charge in [-0.2, -0.15) is 0 Å². The Kier molecular flexibility index (Phi) is 20.3. The predicted molar refractivity (Wildman–Crippen MR) is 436 cm³/mol. The first-order chi connectivity index (χ1) is 66.9. The maximum Gasteiger partial charge on any atom is 0.340 e. The van der Waals surface area contributed by atoms with Crippen LogP contribution in [0.2, 0.25) is 0 Å². The Balaban J connectivity index is 0.922. The van der Waals surface area contributed by atoms with Crippen molar-refractivity contribution < 1.29 is 273 Å². The molecule has 0 amide bonds. The quantitative estimate of drug-likeness (QED) is 0.0677. The molecule has 0 radical (unpaired) electrons. The number of hydrogen-bond acceptors (Lipinski definition) is 55. The third-order valence-electron chi connectivity index (χ3n) is 25.1. The molecule has 33 N–H and O–H groups in total. The van der Waals surface area contributed by atoms with Crippen LogP contribution in [0.1, 0.15) is 132 Å². The number of aromatic hydroxyl groups is 30. The number of ether oxygens (including phenoxy) is 12. The predicted octanol–water partition coefficient (Wildman–Crippen LogP) is 1.51. The van der Waals surface area contributed by atoms with Gasteiger partial charge in [-0.3, -0.25) is 0 Å². The molecule has 0 aliphatic carbocycles. The van der Waals surface area contributed by atoms with Gasteiger partial charge < -0.3 is 225 Å². The Morgan fingerprint density at radius 1 is 0.211 bits per heavy atom. The third-order valence-corrected chi connectivity index (χ3v) is 25.1. The second-order valence-electron chi connectivity index (χ2n) is 32.6. The smallest absolute Gasteiger partial charge is 0.340 e. The SMILES string of the molecule is O=C1OCC2OC(=O)c3cc(O)c(O)c(O)c3-c3c(O)c(O)c(O)c4c3C(=O)OC(C2OC(=O)c2cc(O)c(O)c(O)c2-c2c1cc(O)c(O)c2O)C1OC(=O)c2c-4c(O)c(O)c(O)c2C1c1c(O)c(O)c(O)c2c1C(=O)OCC1OC(=O)c3cc(O)c(O)c(O)c3-c3c(O)c(O)c(O)c4c3C(=O)OC(C1OC(=O)c1cc(O)c(O)c(O)c1-2)C1OC(=O)c2c-4c(O)c(O)c(O)c2C1OC1OCC(O)C(O)C1O. The molecule has 0 saturated carbocycles. The van der Waals surface area contributed by atoms with Gasteiger partial charge in [0.05, 0.1) is 68.2 Å².